The molecule has 1 aliphatic rings. The number of carbonyl (C=O) groups is 2. The van der Waals surface area contributed by atoms with E-state index in [4.69, 9.17) is 4.74 Å². The number of carbonyl (C=O) groups excluding carboxylic acids is 2. The third-order valence-corrected chi connectivity index (χ3v) is 3.46. The second-order valence-electron chi connectivity index (χ2n) is 3.28. The van der Waals surface area contributed by atoms with Crippen molar-refractivity contribution in [3.05, 3.63) is 12.2 Å². The van der Waals surface area contributed by atoms with Crippen molar-refractivity contribution in [2.75, 3.05) is 13.7 Å². The molecule has 0 unspecified atom stereocenters. The maximum atomic E-state index is 11.3. The average molecular weight is 277 g/mol. The molecular formula is C10H13BrO4. The lowest BCUT2D eigenvalue weighted by molar-refractivity contribution is -0.141. The monoisotopic (exact) mass is 276 g/mol. The molecule has 0 spiro atoms. The van der Waals surface area contributed by atoms with Crippen LogP contribution in [0.3, 0.4) is 0 Å². The van der Waals surface area contributed by atoms with Gasteiger partial charge in [0.1, 0.15) is 4.32 Å². The molecule has 1 rings (SSSR count). The fourth-order valence-corrected chi connectivity index (χ4v) is 1.93. The van der Waals surface area contributed by atoms with Gasteiger partial charge in [0.05, 0.1) is 13.7 Å². The zero-order valence-corrected chi connectivity index (χ0v) is 10.2. The molecule has 0 radical (unpaired) electrons. The Morgan fingerprint density at radius 2 is 2.27 bits per heavy atom. The second kappa shape index (κ2) is 4.79. The third-order valence-electron chi connectivity index (χ3n) is 2.22. The summed E-state index contributed by atoms with van der Waals surface area (Å²) in [7, 11) is 1.34. The molecule has 0 bridgehead atoms. The van der Waals surface area contributed by atoms with Crippen LogP contribution < -0.4 is 0 Å². The fourth-order valence-electron chi connectivity index (χ4n) is 1.27. The molecule has 1 fully saturated rings. The molecule has 0 amide bonds. The summed E-state index contributed by atoms with van der Waals surface area (Å²) < 4.78 is 8.71. The third kappa shape index (κ3) is 2.81. The fraction of sp³-hybridized carbons (Fsp3) is 0.600. The standard InChI is InChI=1S/C10H13BrO4/c1-3-15-8(12)5-4-7-6-10(7,11)9(13)14-2/h4-5,7H,3,6H2,1-2H3/b5-4+/t7-,10+/m1/s1. The van der Waals surface area contributed by atoms with E-state index in [9.17, 15) is 9.59 Å². The summed E-state index contributed by atoms with van der Waals surface area (Å²) in [5.74, 6) is -0.681. The minimum Gasteiger partial charge on any atom is -0.468 e. The number of allylic oxidation sites excluding steroid dienone is 1. The average Bonchev–Trinajstić information content (AvgIpc) is 2.87. The number of hydrogen-bond acceptors (Lipinski definition) is 4. The summed E-state index contributed by atoms with van der Waals surface area (Å²) in [6, 6.07) is 0. The Bertz CT molecular complexity index is 300. The molecule has 0 aromatic rings. The number of alkyl halides is 1. The highest BCUT2D eigenvalue weighted by atomic mass is 79.9. The zero-order valence-electron chi connectivity index (χ0n) is 8.66. The van der Waals surface area contributed by atoms with E-state index in [1.54, 1.807) is 13.0 Å². The molecule has 1 aliphatic carbocycles. The van der Waals surface area contributed by atoms with Crippen LogP contribution in [0.4, 0.5) is 0 Å². The number of methoxy groups -OCH3 is 1. The highest BCUT2D eigenvalue weighted by Crippen LogP contribution is 2.52. The first-order valence-electron chi connectivity index (χ1n) is 4.67. The summed E-state index contributed by atoms with van der Waals surface area (Å²) in [6.07, 6.45) is 3.67. The molecule has 2 atom stereocenters. The van der Waals surface area contributed by atoms with Crippen LogP contribution in [0.1, 0.15) is 13.3 Å². The molecule has 84 valence electrons. The Labute approximate surface area is 96.7 Å². The zero-order chi connectivity index (χ0) is 11.5. The molecule has 0 N–H and O–H groups in total. The number of hydrogen-bond donors (Lipinski definition) is 0. The van der Waals surface area contributed by atoms with Crippen LogP contribution in [0.15, 0.2) is 12.2 Å². The smallest absolute Gasteiger partial charge is 0.330 e. The minimum absolute atomic E-state index is 0.00866. The Morgan fingerprint density at radius 3 is 2.80 bits per heavy atom. The van der Waals surface area contributed by atoms with Crippen LogP contribution in [-0.2, 0) is 19.1 Å². The SMILES string of the molecule is CCOC(=O)/C=C/[C@@H]1C[C@@]1(Br)C(=O)OC. The number of esters is 2. The lowest BCUT2D eigenvalue weighted by Crippen LogP contribution is -2.18. The maximum absolute atomic E-state index is 11.3. The van der Waals surface area contributed by atoms with Crippen LogP contribution in [0.25, 0.3) is 0 Å². The van der Waals surface area contributed by atoms with Crippen molar-refractivity contribution in [3.63, 3.8) is 0 Å². The minimum atomic E-state index is -0.634. The number of ether oxygens (including phenoxy) is 2. The molecule has 15 heavy (non-hydrogen) atoms. The lowest BCUT2D eigenvalue weighted by atomic mass is 10.3. The molecule has 1 saturated carbocycles. The van der Waals surface area contributed by atoms with E-state index in [0.29, 0.717) is 13.0 Å². The van der Waals surface area contributed by atoms with Gasteiger partial charge in [-0.05, 0) is 13.3 Å². The second-order valence-corrected chi connectivity index (χ2v) is 4.69. The molecular weight excluding hydrogens is 264 g/mol. The number of halogens is 1. The van der Waals surface area contributed by atoms with Crippen LogP contribution >= 0.6 is 15.9 Å². The largest absolute Gasteiger partial charge is 0.468 e. The van der Waals surface area contributed by atoms with E-state index < -0.39 is 4.32 Å². The first kappa shape index (κ1) is 12.2. The van der Waals surface area contributed by atoms with Crippen LogP contribution in [0, 0.1) is 5.92 Å². The normalized spacial score (nSPS) is 28.9. The predicted octanol–water partition coefficient (Wildman–Crippen LogP) is 1.43. The molecule has 0 aromatic carbocycles. The highest BCUT2D eigenvalue weighted by molar-refractivity contribution is 9.10. The van der Waals surface area contributed by atoms with Gasteiger partial charge in [-0.3, -0.25) is 4.79 Å². The molecule has 0 heterocycles. The van der Waals surface area contributed by atoms with Crippen LogP contribution in [0.5, 0.6) is 0 Å². The molecule has 5 heteroatoms. The summed E-state index contributed by atoms with van der Waals surface area (Å²) in [4.78, 5) is 22.2. The summed E-state index contributed by atoms with van der Waals surface area (Å²) in [6.45, 7) is 2.09. The van der Waals surface area contributed by atoms with Crippen molar-refractivity contribution < 1.29 is 19.1 Å². The van der Waals surface area contributed by atoms with Gasteiger partial charge < -0.3 is 9.47 Å². The van der Waals surface area contributed by atoms with E-state index in [1.165, 1.54) is 13.2 Å². The van der Waals surface area contributed by atoms with Gasteiger partial charge in [0.2, 0.25) is 0 Å². The Balaban J connectivity index is 2.44. The molecule has 4 nitrogen and oxygen atoms in total. The van der Waals surface area contributed by atoms with Gasteiger partial charge in [-0.15, -0.1) is 0 Å². The van der Waals surface area contributed by atoms with Crippen molar-refractivity contribution in [3.8, 4) is 0 Å². The van der Waals surface area contributed by atoms with E-state index in [-0.39, 0.29) is 17.9 Å². The number of rotatable bonds is 4. The Morgan fingerprint density at radius 1 is 1.60 bits per heavy atom. The maximum Gasteiger partial charge on any atom is 0.330 e. The van der Waals surface area contributed by atoms with E-state index in [1.807, 2.05) is 0 Å². The van der Waals surface area contributed by atoms with Gasteiger partial charge in [-0.2, -0.15) is 0 Å². The predicted molar refractivity (Wildman–Crippen MR) is 57.6 cm³/mol. The molecule has 0 saturated heterocycles. The van der Waals surface area contributed by atoms with Crippen LogP contribution in [-0.4, -0.2) is 30.0 Å². The van der Waals surface area contributed by atoms with Crippen molar-refractivity contribution in [1.82, 2.24) is 0 Å². The van der Waals surface area contributed by atoms with Gasteiger partial charge in [0.15, 0.2) is 0 Å². The van der Waals surface area contributed by atoms with Crippen LogP contribution in [0.2, 0.25) is 0 Å². The quantitative estimate of drug-likeness (QED) is 0.443. The molecule has 0 aromatic heterocycles. The van der Waals surface area contributed by atoms with Crippen molar-refractivity contribution in [2.24, 2.45) is 5.92 Å². The van der Waals surface area contributed by atoms with Gasteiger partial charge >= 0.3 is 11.9 Å². The Hall–Kier alpha value is -0.840. The van der Waals surface area contributed by atoms with Gasteiger partial charge in [-0.25, -0.2) is 4.79 Å². The van der Waals surface area contributed by atoms with Gasteiger partial charge in [0.25, 0.3) is 0 Å². The van der Waals surface area contributed by atoms with E-state index in [2.05, 4.69) is 20.7 Å². The Kier molecular flexibility index (Phi) is 3.90. The first-order valence-corrected chi connectivity index (χ1v) is 5.46. The summed E-state index contributed by atoms with van der Waals surface area (Å²) in [5.41, 5.74) is 0. The van der Waals surface area contributed by atoms with Crippen molar-refractivity contribution in [2.45, 2.75) is 17.7 Å². The van der Waals surface area contributed by atoms with E-state index in [0.717, 1.165) is 0 Å². The van der Waals surface area contributed by atoms with Gasteiger partial charge in [-0.1, -0.05) is 22.0 Å². The lowest BCUT2D eigenvalue weighted by Gasteiger charge is -2.03. The summed E-state index contributed by atoms with van der Waals surface area (Å²) >= 11 is 3.29. The van der Waals surface area contributed by atoms with Crippen molar-refractivity contribution in [1.29, 1.82) is 0 Å². The summed E-state index contributed by atoms with van der Waals surface area (Å²) in [5, 5.41) is 0. The topological polar surface area (TPSA) is 52.6 Å². The van der Waals surface area contributed by atoms with Crippen molar-refractivity contribution >= 4 is 27.9 Å². The van der Waals surface area contributed by atoms with Gasteiger partial charge in [0, 0.05) is 12.0 Å². The highest BCUT2D eigenvalue weighted by Gasteiger charge is 2.58. The first-order chi connectivity index (χ1) is 7.04. The molecule has 0 aliphatic heterocycles. The van der Waals surface area contributed by atoms with E-state index >= 15 is 0 Å².